The number of benzene rings is 3. The molecule has 0 radical (unpaired) electrons. The molecule has 0 atom stereocenters. The predicted octanol–water partition coefficient (Wildman–Crippen LogP) is 4.65. The van der Waals surface area contributed by atoms with Gasteiger partial charge in [-0.15, -0.1) is 0 Å². The first-order chi connectivity index (χ1) is 16.3. The van der Waals surface area contributed by atoms with Crippen LogP contribution < -0.4 is 9.47 Å². The van der Waals surface area contributed by atoms with Crippen LogP contribution in [0.15, 0.2) is 77.4 Å². The SMILES string of the molecule is COc1ccc(Oc2ccc(/C=C3/N=C(c4cccc([N+](=O)[O-])c4)OC3=O)cc2[N+](=O)[O-])cc1. The van der Waals surface area contributed by atoms with Gasteiger partial charge in [0, 0.05) is 23.8 Å². The lowest BCUT2D eigenvalue weighted by Gasteiger charge is -2.08. The minimum absolute atomic E-state index is 0.00657. The average molecular weight is 461 g/mol. The molecule has 0 fully saturated rings. The highest BCUT2D eigenvalue weighted by Crippen LogP contribution is 2.34. The van der Waals surface area contributed by atoms with Gasteiger partial charge in [-0.2, -0.15) is 0 Å². The number of hydrogen-bond acceptors (Lipinski definition) is 9. The van der Waals surface area contributed by atoms with Gasteiger partial charge in [0.15, 0.2) is 5.70 Å². The third kappa shape index (κ3) is 4.72. The average Bonchev–Trinajstić information content (AvgIpc) is 3.20. The number of cyclic esters (lactones) is 1. The topological polar surface area (TPSA) is 143 Å². The Morgan fingerprint density at radius 3 is 2.35 bits per heavy atom. The van der Waals surface area contributed by atoms with E-state index in [9.17, 15) is 25.0 Å². The van der Waals surface area contributed by atoms with E-state index >= 15 is 0 Å². The van der Waals surface area contributed by atoms with Gasteiger partial charge in [0.25, 0.3) is 5.69 Å². The Hall–Kier alpha value is -5.06. The first-order valence-electron chi connectivity index (χ1n) is 9.72. The molecule has 34 heavy (non-hydrogen) atoms. The first kappa shape index (κ1) is 22.1. The summed E-state index contributed by atoms with van der Waals surface area (Å²) in [7, 11) is 1.52. The molecule has 4 rings (SSSR count). The largest absolute Gasteiger partial charge is 0.497 e. The highest BCUT2D eigenvalue weighted by atomic mass is 16.6. The van der Waals surface area contributed by atoms with Crippen LogP contribution in [0.5, 0.6) is 17.2 Å². The molecule has 1 aliphatic rings. The lowest BCUT2D eigenvalue weighted by atomic mass is 10.1. The van der Waals surface area contributed by atoms with Gasteiger partial charge in [-0.05, 0) is 48.0 Å². The van der Waals surface area contributed by atoms with Crippen molar-refractivity contribution >= 4 is 29.3 Å². The molecule has 0 aromatic heterocycles. The zero-order chi connectivity index (χ0) is 24.2. The lowest BCUT2D eigenvalue weighted by Crippen LogP contribution is -2.05. The van der Waals surface area contributed by atoms with Crippen molar-refractivity contribution in [3.63, 3.8) is 0 Å². The summed E-state index contributed by atoms with van der Waals surface area (Å²) in [5.41, 5.74) is -0.0549. The van der Waals surface area contributed by atoms with E-state index in [-0.39, 0.29) is 34.3 Å². The van der Waals surface area contributed by atoms with Gasteiger partial charge in [0.05, 0.1) is 17.0 Å². The molecule has 3 aromatic carbocycles. The molecule has 0 spiro atoms. The first-order valence-corrected chi connectivity index (χ1v) is 9.72. The van der Waals surface area contributed by atoms with Crippen LogP contribution in [-0.2, 0) is 9.53 Å². The van der Waals surface area contributed by atoms with Crippen LogP contribution in [0.2, 0.25) is 0 Å². The Morgan fingerprint density at radius 2 is 1.68 bits per heavy atom. The monoisotopic (exact) mass is 461 g/mol. The van der Waals surface area contributed by atoms with Gasteiger partial charge in [-0.1, -0.05) is 12.1 Å². The van der Waals surface area contributed by atoms with Gasteiger partial charge in [0.1, 0.15) is 11.5 Å². The third-order valence-electron chi connectivity index (χ3n) is 4.69. The fourth-order valence-electron chi connectivity index (χ4n) is 3.07. The normalized spacial score (nSPS) is 13.9. The molecule has 0 amide bonds. The number of ether oxygens (including phenoxy) is 3. The second-order valence-corrected chi connectivity index (χ2v) is 6.91. The van der Waals surface area contributed by atoms with Crippen molar-refractivity contribution < 1.29 is 28.9 Å². The maximum atomic E-state index is 12.3. The summed E-state index contributed by atoms with van der Waals surface area (Å²) in [6.07, 6.45) is 1.32. The molecule has 0 aliphatic carbocycles. The number of nitro benzene ring substituents is 2. The Kier molecular flexibility index (Phi) is 5.99. The molecular weight excluding hydrogens is 446 g/mol. The second-order valence-electron chi connectivity index (χ2n) is 6.91. The number of non-ortho nitro benzene ring substituents is 1. The van der Waals surface area contributed by atoms with Gasteiger partial charge >= 0.3 is 11.7 Å². The molecular formula is C23H15N3O8. The predicted molar refractivity (Wildman–Crippen MR) is 120 cm³/mol. The second kappa shape index (κ2) is 9.20. The number of methoxy groups -OCH3 is 1. The summed E-state index contributed by atoms with van der Waals surface area (Å²) in [6.45, 7) is 0. The van der Waals surface area contributed by atoms with Crippen LogP contribution in [0, 0.1) is 20.2 Å². The molecule has 3 aromatic rings. The standard InChI is InChI=1S/C23H15N3O8/c1-32-17-6-8-18(9-7-17)33-21-10-5-14(12-20(21)26(30)31)11-19-23(27)34-22(24-19)15-3-2-4-16(13-15)25(28)29/h2-13H,1H3/b19-11+. The Bertz CT molecular complexity index is 1360. The highest BCUT2D eigenvalue weighted by molar-refractivity contribution is 6.13. The van der Waals surface area contributed by atoms with Crippen molar-refractivity contribution in [2.75, 3.05) is 7.11 Å². The Morgan fingerprint density at radius 1 is 0.941 bits per heavy atom. The molecule has 1 heterocycles. The van der Waals surface area contributed by atoms with Crippen molar-refractivity contribution in [3.8, 4) is 17.2 Å². The molecule has 0 N–H and O–H groups in total. The van der Waals surface area contributed by atoms with E-state index < -0.39 is 15.8 Å². The zero-order valence-corrected chi connectivity index (χ0v) is 17.5. The maximum absolute atomic E-state index is 12.3. The van der Waals surface area contributed by atoms with E-state index in [1.807, 2.05) is 0 Å². The number of esters is 1. The van der Waals surface area contributed by atoms with Crippen LogP contribution in [0.4, 0.5) is 11.4 Å². The molecule has 170 valence electrons. The summed E-state index contributed by atoms with van der Waals surface area (Å²) in [4.78, 5) is 37.7. The quantitative estimate of drug-likeness (QED) is 0.214. The third-order valence-corrected chi connectivity index (χ3v) is 4.69. The number of rotatable bonds is 7. The van der Waals surface area contributed by atoms with E-state index in [4.69, 9.17) is 14.2 Å². The van der Waals surface area contributed by atoms with Crippen molar-refractivity contribution in [3.05, 3.63) is 104 Å². The van der Waals surface area contributed by atoms with E-state index in [2.05, 4.69) is 4.99 Å². The number of carbonyl (C=O) groups excluding carboxylic acids is 1. The van der Waals surface area contributed by atoms with Crippen molar-refractivity contribution in [1.82, 2.24) is 0 Å². The van der Waals surface area contributed by atoms with Crippen LogP contribution >= 0.6 is 0 Å². The number of nitrogens with zero attached hydrogens (tertiary/aromatic N) is 3. The van der Waals surface area contributed by atoms with E-state index in [0.717, 1.165) is 0 Å². The van der Waals surface area contributed by atoms with Gasteiger partial charge < -0.3 is 14.2 Å². The minimum Gasteiger partial charge on any atom is -0.497 e. The fraction of sp³-hybridized carbons (Fsp3) is 0.0435. The van der Waals surface area contributed by atoms with E-state index in [1.165, 1.54) is 55.7 Å². The smallest absolute Gasteiger partial charge is 0.363 e. The summed E-state index contributed by atoms with van der Waals surface area (Å²) >= 11 is 0. The molecule has 1 aliphatic heterocycles. The highest BCUT2D eigenvalue weighted by Gasteiger charge is 2.26. The minimum atomic E-state index is -0.789. The van der Waals surface area contributed by atoms with Gasteiger partial charge in [0.2, 0.25) is 11.6 Å². The number of aliphatic imine (C=N–C) groups is 1. The van der Waals surface area contributed by atoms with Crippen LogP contribution in [-0.4, -0.2) is 28.8 Å². The zero-order valence-electron chi connectivity index (χ0n) is 17.5. The van der Waals surface area contributed by atoms with E-state index in [1.54, 1.807) is 24.3 Å². The molecule has 0 saturated carbocycles. The molecule has 0 saturated heterocycles. The van der Waals surface area contributed by atoms with Crippen LogP contribution in [0.1, 0.15) is 11.1 Å². The summed E-state index contributed by atoms with van der Waals surface area (Å²) in [5.74, 6) is 0.0987. The number of hydrogen-bond donors (Lipinski definition) is 0. The fourth-order valence-corrected chi connectivity index (χ4v) is 3.07. The number of carbonyl (C=O) groups is 1. The summed E-state index contributed by atoms with van der Waals surface area (Å²) < 4.78 is 15.8. The van der Waals surface area contributed by atoms with Crippen molar-refractivity contribution in [2.24, 2.45) is 4.99 Å². The van der Waals surface area contributed by atoms with Crippen molar-refractivity contribution in [1.29, 1.82) is 0 Å². The molecule has 0 bridgehead atoms. The molecule has 11 heteroatoms. The maximum Gasteiger partial charge on any atom is 0.363 e. The van der Waals surface area contributed by atoms with E-state index in [0.29, 0.717) is 17.1 Å². The van der Waals surface area contributed by atoms with Crippen molar-refractivity contribution in [2.45, 2.75) is 0 Å². The van der Waals surface area contributed by atoms with Crippen LogP contribution in [0.25, 0.3) is 6.08 Å². The summed E-state index contributed by atoms with van der Waals surface area (Å²) in [5, 5.41) is 22.6. The van der Waals surface area contributed by atoms with Crippen LogP contribution in [0.3, 0.4) is 0 Å². The summed E-state index contributed by atoms with van der Waals surface area (Å²) in [6, 6.07) is 16.2. The Balaban J connectivity index is 1.62. The number of nitro groups is 2. The molecule has 11 nitrogen and oxygen atoms in total. The molecule has 0 unspecified atom stereocenters. The van der Waals surface area contributed by atoms with Gasteiger partial charge in [-0.3, -0.25) is 20.2 Å². The Labute approximate surface area is 191 Å². The van der Waals surface area contributed by atoms with Gasteiger partial charge in [-0.25, -0.2) is 9.79 Å². The lowest BCUT2D eigenvalue weighted by molar-refractivity contribution is -0.385.